The van der Waals surface area contributed by atoms with Crippen LogP contribution in [0, 0.1) is 11.8 Å². The molecule has 0 atom stereocenters. The van der Waals surface area contributed by atoms with E-state index in [9.17, 15) is 0 Å². The van der Waals surface area contributed by atoms with E-state index in [2.05, 4.69) is 0 Å². The van der Waals surface area contributed by atoms with E-state index in [4.69, 9.17) is 9.90 Å². The fraction of sp³-hybridized carbons (Fsp3) is 0.909. The topological polar surface area (TPSA) is 37.3 Å². The molecule has 13 heavy (non-hydrogen) atoms. The summed E-state index contributed by atoms with van der Waals surface area (Å²) in [7, 11) is 0. The van der Waals surface area contributed by atoms with E-state index in [1.807, 2.05) is 0 Å². The van der Waals surface area contributed by atoms with Crippen LogP contribution in [0.3, 0.4) is 0 Å². The average molecular weight is 184 g/mol. The molecule has 0 radical (unpaired) electrons. The Balaban J connectivity index is 0.000000251. The zero-order valence-electron chi connectivity index (χ0n) is 8.24. The quantitative estimate of drug-likeness (QED) is 0.636. The third kappa shape index (κ3) is 3.37. The van der Waals surface area contributed by atoms with Crippen LogP contribution in [0.4, 0.5) is 0 Å². The third-order valence-corrected chi connectivity index (χ3v) is 3.47. The molecule has 0 unspecified atom stereocenters. The van der Waals surface area contributed by atoms with E-state index in [-0.39, 0.29) is 6.47 Å². The van der Waals surface area contributed by atoms with Crippen LogP contribution in [0.5, 0.6) is 0 Å². The molecule has 2 aliphatic rings. The Morgan fingerprint density at radius 1 is 0.846 bits per heavy atom. The van der Waals surface area contributed by atoms with Crippen molar-refractivity contribution in [3.05, 3.63) is 0 Å². The molecular weight excluding hydrogens is 164 g/mol. The minimum atomic E-state index is -0.250. The fourth-order valence-electron chi connectivity index (χ4n) is 2.52. The second-order valence-electron chi connectivity index (χ2n) is 4.19. The second kappa shape index (κ2) is 6.01. The van der Waals surface area contributed by atoms with Gasteiger partial charge in [0, 0.05) is 0 Å². The summed E-state index contributed by atoms with van der Waals surface area (Å²) in [5.41, 5.74) is 0. The van der Waals surface area contributed by atoms with E-state index in [0.717, 1.165) is 5.92 Å². The summed E-state index contributed by atoms with van der Waals surface area (Å²) >= 11 is 0. The Kier molecular flexibility index (Phi) is 4.87. The molecule has 0 aromatic rings. The smallest absolute Gasteiger partial charge is 0.290 e. The van der Waals surface area contributed by atoms with Crippen molar-refractivity contribution in [2.75, 3.05) is 0 Å². The average Bonchev–Trinajstić information content (AvgIpc) is 2.04. The lowest BCUT2D eigenvalue weighted by Gasteiger charge is -2.36. The van der Waals surface area contributed by atoms with Gasteiger partial charge >= 0.3 is 0 Å². The normalized spacial score (nSPS) is 24.0. The Morgan fingerprint density at radius 3 is 1.54 bits per heavy atom. The summed E-state index contributed by atoms with van der Waals surface area (Å²) in [5, 5.41) is 6.89. The predicted molar refractivity (Wildman–Crippen MR) is 52.6 cm³/mol. The first-order valence-electron chi connectivity index (χ1n) is 5.46. The van der Waals surface area contributed by atoms with E-state index >= 15 is 0 Å². The molecule has 2 nitrogen and oxygen atoms in total. The van der Waals surface area contributed by atoms with Gasteiger partial charge in [0.1, 0.15) is 0 Å². The van der Waals surface area contributed by atoms with Crippen LogP contribution in [0.1, 0.15) is 51.4 Å². The fourth-order valence-corrected chi connectivity index (χ4v) is 2.52. The minimum absolute atomic E-state index is 0.250. The van der Waals surface area contributed by atoms with Crippen molar-refractivity contribution < 1.29 is 9.90 Å². The largest absolute Gasteiger partial charge is 0.483 e. The number of hydrogen-bond acceptors (Lipinski definition) is 1. The highest BCUT2D eigenvalue weighted by Crippen LogP contribution is 2.40. The standard InChI is InChI=1S/C10H18.CH2O2/c1-2-5-9(6-3-1)10-7-4-8-10;2-1-3/h9-10H,1-8H2;1H,(H,2,3). The zero-order chi connectivity index (χ0) is 9.52. The highest BCUT2D eigenvalue weighted by Gasteiger charge is 2.27. The lowest BCUT2D eigenvalue weighted by atomic mass is 9.70. The summed E-state index contributed by atoms with van der Waals surface area (Å²) in [6, 6.07) is 0. The Labute approximate surface area is 80.3 Å². The van der Waals surface area contributed by atoms with Gasteiger partial charge in [-0.2, -0.15) is 0 Å². The molecule has 76 valence electrons. The van der Waals surface area contributed by atoms with Crippen LogP contribution < -0.4 is 0 Å². The molecule has 2 saturated carbocycles. The number of carbonyl (C=O) groups is 1. The van der Waals surface area contributed by atoms with Gasteiger partial charge in [0.05, 0.1) is 0 Å². The van der Waals surface area contributed by atoms with Crippen LogP contribution in [-0.4, -0.2) is 11.6 Å². The summed E-state index contributed by atoms with van der Waals surface area (Å²) < 4.78 is 0. The van der Waals surface area contributed by atoms with Gasteiger partial charge in [-0.15, -0.1) is 0 Å². The highest BCUT2D eigenvalue weighted by atomic mass is 16.3. The van der Waals surface area contributed by atoms with Crippen molar-refractivity contribution in [2.45, 2.75) is 51.4 Å². The zero-order valence-corrected chi connectivity index (χ0v) is 8.24. The van der Waals surface area contributed by atoms with Gasteiger partial charge in [-0.05, 0) is 11.8 Å². The van der Waals surface area contributed by atoms with Crippen LogP contribution in [0.15, 0.2) is 0 Å². The molecule has 1 N–H and O–H groups in total. The first kappa shape index (κ1) is 10.6. The Bertz CT molecular complexity index is 135. The molecule has 2 aliphatic carbocycles. The third-order valence-electron chi connectivity index (χ3n) is 3.47. The maximum atomic E-state index is 8.36. The van der Waals surface area contributed by atoms with Gasteiger partial charge in [-0.25, -0.2) is 0 Å². The van der Waals surface area contributed by atoms with E-state index in [0.29, 0.717) is 0 Å². The number of rotatable bonds is 1. The van der Waals surface area contributed by atoms with Gasteiger partial charge in [0.25, 0.3) is 6.47 Å². The number of hydrogen-bond donors (Lipinski definition) is 1. The lowest BCUT2D eigenvalue weighted by molar-refractivity contribution is -0.122. The van der Waals surface area contributed by atoms with Crippen LogP contribution in [0.2, 0.25) is 0 Å². The first-order chi connectivity index (χ1) is 6.38. The van der Waals surface area contributed by atoms with Crippen molar-refractivity contribution in [3.63, 3.8) is 0 Å². The maximum absolute atomic E-state index is 8.36. The molecule has 0 bridgehead atoms. The van der Waals surface area contributed by atoms with Crippen molar-refractivity contribution in [2.24, 2.45) is 11.8 Å². The molecular formula is C11H20O2. The number of carboxylic acid groups (broad SMARTS) is 1. The molecule has 0 aliphatic heterocycles. The summed E-state index contributed by atoms with van der Waals surface area (Å²) in [4.78, 5) is 8.36. The molecule has 0 amide bonds. The van der Waals surface area contributed by atoms with Gasteiger partial charge in [-0.1, -0.05) is 51.4 Å². The van der Waals surface area contributed by atoms with Crippen molar-refractivity contribution in [1.29, 1.82) is 0 Å². The molecule has 0 spiro atoms. The van der Waals surface area contributed by atoms with Crippen LogP contribution in [0.25, 0.3) is 0 Å². The molecule has 0 aromatic carbocycles. The Morgan fingerprint density at radius 2 is 1.23 bits per heavy atom. The van der Waals surface area contributed by atoms with Gasteiger partial charge < -0.3 is 5.11 Å². The monoisotopic (exact) mass is 184 g/mol. The van der Waals surface area contributed by atoms with Gasteiger partial charge in [0.15, 0.2) is 0 Å². The molecule has 2 rings (SSSR count). The molecule has 0 heterocycles. The second-order valence-corrected chi connectivity index (χ2v) is 4.19. The van der Waals surface area contributed by atoms with Crippen molar-refractivity contribution in [3.8, 4) is 0 Å². The predicted octanol–water partition coefficient (Wildman–Crippen LogP) is 3.07. The Hall–Kier alpha value is -0.530. The lowest BCUT2D eigenvalue weighted by Crippen LogP contribution is -2.23. The van der Waals surface area contributed by atoms with Crippen LogP contribution in [-0.2, 0) is 4.79 Å². The van der Waals surface area contributed by atoms with Crippen LogP contribution >= 0.6 is 0 Å². The summed E-state index contributed by atoms with van der Waals surface area (Å²) in [6.45, 7) is -0.250. The molecule has 0 aromatic heterocycles. The van der Waals surface area contributed by atoms with E-state index in [1.54, 1.807) is 25.7 Å². The molecule has 2 fully saturated rings. The van der Waals surface area contributed by atoms with Crippen molar-refractivity contribution in [1.82, 2.24) is 0 Å². The van der Waals surface area contributed by atoms with Gasteiger partial charge in [0.2, 0.25) is 0 Å². The SMILES string of the molecule is C1CCC(C2CCC2)CC1.O=CO. The van der Waals surface area contributed by atoms with E-state index in [1.165, 1.54) is 31.6 Å². The summed E-state index contributed by atoms with van der Waals surface area (Å²) in [6.07, 6.45) is 12.3. The maximum Gasteiger partial charge on any atom is 0.290 e. The van der Waals surface area contributed by atoms with Crippen molar-refractivity contribution >= 4 is 6.47 Å². The first-order valence-corrected chi connectivity index (χ1v) is 5.46. The molecule has 0 saturated heterocycles. The summed E-state index contributed by atoms with van der Waals surface area (Å²) in [5.74, 6) is 2.32. The highest BCUT2D eigenvalue weighted by molar-refractivity contribution is 5.32. The van der Waals surface area contributed by atoms with Gasteiger partial charge in [-0.3, -0.25) is 4.79 Å². The minimum Gasteiger partial charge on any atom is -0.483 e. The molecule has 2 heteroatoms. The van der Waals surface area contributed by atoms with E-state index < -0.39 is 0 Å².